The number of nitrogens with one attached hydrogen (secondary N) is 1. The smallest absolute Gasteiger partial charge is 0.169 e. The highest BCUT2D eigenvalue weighted by Gasteiger charge is 1.94. The van der Waals surface area contributed by atoms with E-state index in [2.05, 4.69) is 21.2 Å². The van der Waals surface area contributed by atoms with E-state index < -0.39 is 6.30 Å². The first kappa shape index (κ1) is 9.11. The third-order valence-electron chi connectivity index (χ3n) is 0.821. The highest BCUT2D eigenvalue weighted by Crippen LogP contribution is 1.99. The fraction of sp³-hybridized carbons (Fsp3) is 0.667. The normalized spacial score (nSPS) is 18.2. The van der Waals surface area contributed by atoms with Gasteiger partial charge in [-0.1, -0.05) is 22.0 Å². The van der Waals surface area contributed by atoms with Crippen LogP contribution in [0.25, 0.3) is 0 Å². The Balaban J connectivity index is 3.43. The van der Waals surface area contributed by atoms with Crippen molar-refractivity contribution in [1.29, 1.82) is 0 Å². The van der Waals surface area contributed by atoms with Crippen molar-refractivity contribution in [3.63, 3.8) is 0 Å². The third-order valence-corrected chi connectivity index (χ3v) is 1.13. The van der Waals surface area contributed by atoms with E-state index >= 15 is 0 Å². The van der Waals surface area contributed by atoms with Crippen LogP contribution >= 0.6 is 15.9 Å². The second-order valence-corrected chi connectivity index (χ2v) is 3.20. The molecule has 2 atom stereocenters. The van der Waals surface area contributed by atoms with Crippen LogP contribution in [0.15, 0.2) is 12.2 Å². The molecular weight excluding hydrogens is 185 g/mol. The zero-order valence-electron chi connectivity index (χ0n) is 5.57. The van der Waals surface area contributed by atoms with Gasteiger partial charge in [0.05, 0.1) is 0 Å². The molecule has 0 saturated heterocycles. The SMILES string of the molecule is CNC(F)C=CC(C)Br. The van der Waals surface area contributed by atoms with Crippen molar-refractivity contribution in [2.75, 3.05) is 7.05 Å². The van der Waals surface area contributed by atoms with Crippen LogP contribution < -0.4 is 5.32 Å². The first-order valence-electron chi connectivity index (χ1n) is 2.80. The van der Waals surface area contributed by atoms with Crippen molar-refractivity contribution in [3.8, 4) is 0 Å². The van der Waals surface area contributed by atoms with Gasteiger partial charge >= 0.3 is 0 Å². The van der Waals surface area contributed by atoms with Crippen LogP contribution in [0.5, 0.6) is 0 Å². The van der Waals surface area contributed by atoms with Gasteiger partial charge in [0, 0.05) is 4.83 Å². The molecule has 0 aliphatic rings. The monoisotopic (exact) mass is 195 g/mol. The van der Waals surface area contributed by atoms with E-state index in [4.69, 9.17) is 0 Å². The molecule has 9 heavy (non-hydrogen) atoms. The quantitative estimate of drug-likeness (QED) is 0.412. The molecule has 0 aromatic carbocycles. The third kappa shape index (κ3) is 5.99. The van der Waals surface area contributed by atoms with Gasteiger partial charge in [0.2, 0.25) is 0 Å². The number of alkyl halides is 2. The van der Waals surface area contributed by atoms with Gasteiger partial charge in [-0.25, -0.2) is 4.39 Å². The average molecular weight is 196 g/mol. The maximum absolute atomic E-state index is 12.3. The zero-order chi connectivity index (χ0) is 7.28. The van der Waals surface area contributed by atoms with E-state index in [1.165, 1.54) is 6.08 Å². The Kier molecular flexibility index (Phi) is 5.00. The van der Waals surface area contributed by atoms with E-state index in [1.54, 1.807) is 13.1 Å². The maximum Gasteiger partial charge on any atom is 0.169 e. The molecule has 1 nitrogen and oxygen atoms in total. The molecule has 0 aromatic rings. The summed E-state index contributed by atoms with van der Waals surface area (Å²) in [6.07, 6.45) is 2.20. The summed E-state index contributed by atoms with van der Waals surface area (Å²) in [6, 6.07) is 0. The number of rotatable bonds is 3. The van der Waals surface area contributed by atoms with Crippen LogP contribution in [-0.4, -0.2) is 18.2 Å². The summed E-state index contributed by atoms with van der Waals surface area (Å²) < 4.78 is 12.3. The molecule has 3 heteroatoms. The van der Waals surface area contributed by atoms with Gasteiger partial charge < -0.3 is 0 Å². The Morgan fingerprint density at radius 1 is 1.56 bits per heavy atom. The van der Waals surface area contributed by atoms with E-state index in [0.717, 1.165) is 0 Å². The van der Waals surface area contributed by atoms with Gasteiger partial charge in [-0.15, -0.1) is 0 Å². The molecule has 0 fully saturated rings. The molecule has 0 rings (SSSR count). The van der Waals surface area contributed by atoms with Gasteiger partial charge in [-0.05, 0) is 20.0 Å². The first-order valence-corrected chi connectivity index (χ1v) is 3.72. The standard InChI is InChI=1S/C6H11BrFN/c1-5(7)3-4-6(8)9-2/h3-6,9H,1-2H3. The Morgan fingerprint density at radius 3 is 2.44 bits per heavy atom. The minimum absolute atomic E-state index is 0.240. The van der Waals surface area contributed by atoms with Crippen LogP contribution in [0.4, 0.5) is 4.39 Å². The molecule has 0 aromatic heterocycles. The topological polar surface area (TPSA) is 12.0 Å². The summed E-state index contributed by atoms with van der Waals surface area (Å²) >= 11 is 3.25. The lowest BCUT2D eigenvalue weighted by atomic mass is 10.4. The van der Waals surface area contributed by atoms with Gasteiger partial charge in [0.15, 0.2) is 6.30 Å². The first-order chi connectivity index (χ1) is 4.16. The number of allylic oxidation sites excluding steroid dienone is 1. The van der Waals surface area contributed by atoms with Crippen molar-refractivity contribution in [2.24, 2.45) is 0 Å². The molecule has 0 radical (unpaired) electrons. The molecule has 2 unspecified atom stereocenters. The van der Waals surface area contributed by atoms with Crippen molar-refractivity contribution in [3.05, 3.63) is 12.2 Å². The lowest BCUT2D eigenvalue weighted by molar-refractivity contribution is 0.355. The molecule has 0 aliphatic carbocycles. The number of likely N-dealkylation sites (N-methyl/N-ethyl adjacent to an activating group) is 1. The number of hydrogen-bond acceptors (Lipinski definition) is 1. The van der Waals surface area contributed by atoms with Gasteiger partial charge in [0.25, 0.3) is 0 Å². The summed E-state index contributed by atoms with van der Waals surface area (Å²) in [6.45, 7) is 1.93. The van der Waals surface area contributed by atoms with Crippen molar-refractivity contribution in [2.45, 2.75) is 18.0 Å². The predicted octanol–water partition coefficient (Wildman–Crippen LogP) is 1.84. The predicted molar refractivity (Wildman–Crippen MR) is 41.5 cm³/mol. The second kappa shape index (κ2) is 4.94. The number of halogens is 2. The summed E-state index contributed by atoms with van der Waals surface area (Å²) in [5.74, 6) is 0. The summed E-state index contributed by atoms with van der Waals surface area (Å²) in [7, 11) is 1.58. The van der Waals surface area contributed by atoms with Crippen molar-refractivity contribution >= 4 is 15.9 Å². The molecule has 0 bridgehead atoms. The molecule has 1 N–H and O–H groups in total. The maximum atomic E-state index is 12.3. The van der Waals surface area contributed by atoms with Crippen LogP contribution in [0, 0.1) is 0 Å². The van der Waals surface area contributed by atoms with E-state index in [1.807, 2.05) is 6.92 Å². The lowest BCUT2D eigenvalue weighted by Gasteiger charge is -1.98. The van der Waals surface area contributed by atoms with E-state index in [0.29, 0.717) is 0 Å². The minimum atomic E-state index is -1.02. The zero-order valence-corrected chi connectivity index (χ0v) is 7.15. The number of hydrogen-bond donors (Lipinski definition) is 1. The highest BCUT2D eigenvalue weighted by atomic mass is 79.9. The fourth-order valence-electron chi connectivity index (χ4n) is 0.347. The molecule has 0 amide bonds. The molecule has 0 spiro atoms. The molecule has 0 aliphatic heterocycles. The summed E-state index contributed by atoms with van der Waals surface area (Å²) in [5.41, 5.74) is 0. The van der Waals surface area contributed by atoms with Crippen LogP contribution in [0.3, 0.4) is 0 Å². The summed E-state index contributed by atoms with van der Waals surface area (Å²) in [5, 5.41) is 2.45. The average Bonchev–Trinajstić information content (AvgIpc) is 1.83. The molecule has 0 heterocycles. The Hall–Kier alpha value is 0.110. The second-order valence-electron chi connectivity index (χ2n) is 1.75. The fourth-order valence-corrected chi connectivity index (χ4v) is 0.523. The molecule has 0 saturated carbocycles. The van der Waals surface area contributed by atoms with Crippen molar-refractivity contribution < 1.29 is 4.39 Å². The van der Waals surface area contributed by atoms with Crippen molar-refractivity contribution in [1.82, 2.24) is 5.32 Å². The minimum Gasteiger partial charge on any atom is -0.288 e. The lowest BCUT2D eigenvalue weighted by Crippen LogP contribution is -2.16. The largest absolute Gasteiger partial charge is 0.288 e. The Bertz CT molecular complexity index is 93.1. The van der Waals surface area contributed by atoms with Crippen LogP contribution in [0.2, 0.25) is 0 Å². The van der Waals surface area contributed by atoms with E-state index in [9.17, 15) is 4.39 Å². The van der Waals surface area contributed by atoms with Gasteiger partial charge in [-0.2, -0.15) is 0 Å². The Morgan fingerprint density at radius 2 is 2.11 bits per heavy atom. The van der Waals surface area contributed by atoms with Gasteiger partial charge in [-0.3, -0.25) is 5.32 Å². The molecular formula is C6H11BrFN. The highest BCUT2D eigenvalue weighted by molar-refractivity contribution is 9.09. The molecule has 54 valence electrons. The Labute approximate surface area is 63.5 Å². The van der Waals surface area contributed by atoms with Crippen LogP contribution in [0.1, 0.15) is 6.92 Å². The summed E-state index contributed by atoms with van der Waals surface area (Å²) in [4.78, 5) is 0.240. The van der Waals surface area contributed by atoms with Gasteiger partial charge in [0.1, 0.15) is 0 Å². The van der Waals surface area contributed by atoms with Crippen LogP contribution in [-0.2, 0) is 0 Å². The van der Waals surface area contributed by atoms with E-state index in [-0.39, 0.29) is 4.83 Å².